The van der Waals surface area contributed by atoms with E-state index < -0.39 is 0 Å². The number of rotatable bonds is 8. The second kappa shape index (κ2) is 9.62. The van der Waals surface area contributed by atoms with Gasteiger partial charge in [0.25, 0.3) is 0 Å². The van der Waals surface area contributed by atoms with E-state index in [0.717, 1.165) is 52.9 Å². The van der Waals surface area contributed by atoms with Crippen LogP contribution in [0.5, 0.6) is 0 Å². The van der Waals surface area contributed by atoms with Gasteiger partial charge in [0.2, 0.25) is 5.89 Å². The average Bonchev–Trinajstić information content (AvgIpc) is 3.42. The zero-order chi connectivity index (χ0) is 21.8. The van der Waals surface area contributed by atoms with Crippen LogP contribution >= 0.6 is 23.4 Å². The van der Waals surface area contributed by atoms with Gasteiger partial charge >= 0.3 is 0 Å². The molecule has 3 heterocycles. The van der Waals surface area contributed by atoms with Crippen LogP contribution in [0.1, 0.15) is 49.2 Å². The number of aromatic nitrogens is 6. The molecule has 0 aliphatic heterocycles. The van der Waals surface area contributed by atoms with Gasteiger partial charge in [-0.2, -0.15) is 4.98 Å². The van der Waals surface area contributed by atoms with E-state index in [2.05, 4.69) is 32.2 Å². The van der Waals surface area contributed by atoms with Crippen LogP contribution in [-0.4, -0.2) is 29.9 Å². The molecule has 0 amide bonds. The number of pyridine rings is 1. The normalized spacial score (nSPS) is 12.3. The fourth-order valence-corrected chi connectivity index (χ4v) is 4.23. The van der Waals surface area contributed by atoms with Crippen LogP contribution in [0.15, 0.2) is 52.4 Å². The van der Waals surface area contributed by atoms with Gasteiger partial charge in [-0.15, -0.1) is 10.2 Å². The Kier molecular flexibility index (Phi) is 6.67. The molecule has 3 aromatic heterocycles. The van der Waals surface area contributed by atoms with Gasteiger partial charge in [0.1, 0.15) is 0 Å². The molecule has 9 heteroatoms. The molecule has 0 fully saturated rings. The zero-order valence-corrected chi connectivity index (χ0v) is 19.2. The summed E-state index contributed by atoms with van der Waals surface area (Å²) in [5.41, 5.74) is 2.79. The minimum Gasteiger partial charge on any atom is -0.338 e. The number of nitrogens with zero attached hydrogens (tertiary/aromatic N) is 6. The van der Waals surface area contributed by atoms with Crippen LogP contribution in [0.25, 0.3) is 17.1 Å². The van der Waals surface area contributed by atoms with Gasteiger partial charge in [-0.05, 0) is 50.1 Å². The van der Waals surface area contributed by atoms with Crippen molar-refractivity contribution >= 4 is 23.4 Å². The van der Waals surface area contributed by atoms with Crippen molar-refractivity contribution in [2.45, 2.75) is 50.4 Å². The van der Waals surface area contributed by atoms with E-state index >= 15 is 0 Å². The van der Waals surface area contributed by atoms with Gasteiger partial charge in [-0.25, -0.2) is 0 Å². The molecule has 0 spiro atoms. The molecule has 0 N–H and O–H groups in total. The Morgan fingerprint density at radius 2 is 1.97 bits per heavy atom. The van der Waals surface area contributed by atoms with Gasteiger partial charge in [0, 0.05) is 29.4 Å². The van der Waals surface area contributed by atoms with Gasteiger partial charge in [0.05, 0.1) is 10.9 Å². The largest absolute Gasteiger partial charge is 0.338 e. The smallest absolute Gasteiger partial charge is 0.239 e. The van der Waals surface area contributed by atoms with Crippen molar-refractivity contribution < 1.29 is 4.52 Å². The first-order valence-electron chi connectivity index (χ1n) is 10.2. The predicted octanol–water partition coefficient (Wildman–Crippen LogP) is 5.87. The number of thioether (sulfide) groups is 1. The van der Waals surface area contributed by atoms with Crippen molar-refractivity contribution in [3.63, 3.8) is 0 Å². The highest BCUT2D eigenvalue weighted by Crippen LogP contribution is 2.37. The maximum atomic E-state index is 6.42. The molecule has 0 radical (unpaired) electrons. The third-order valence-corrected chi connectivity index (χ3v) is 6.36. The van der Waals surface area contributed by atoms with Crippen LogP contribution in [0, 0.1) is 6.92 Å². The Hall–Kier alpha value is -2.71. The fourth-order valence-electron chi connectivity index (χ4n) is 3.17. The summed E-state index contributed by atoms with van der Waals surface area (Å²) in [5, 5.41) is 14.4. The first-order valence-corrected chi connectivity index (χ1v) is 11.4. The quantitative estimate of drug-likeness (QED) is 0.308. The first-order chi connectivity index (χ1) is 15.1. The number of unbranched alkanes of at least 4 members (excludes halogenated alkanes) is 1. The molecule has 0 bridgehead atoms. The highest BCUT2D eigenvalue weighted by Gasteiger charge is 2.23. The molecule has 0 aliphatic carbocycles. The lowest BCUT2D eigenvalue weighted by molar-refractivity contribution is 0.374. The maximum absolute atomic E-state index is 6.42. The van der Waals surface area contributed by atoms with Gasteiger partial charge in [0.15, 0.2) is 16.8 Å². The lowest BCUT2D eigenvalue weighted by atomic mass is 10.2. The second-order valence-electron chi connectivity index (χ2n) is 7.17. The summed E-state index contributed by atoms with van der Waals surface area (Å²) >= 11 is 7.94. The first kappa shape index (κ1) is 21.5. The van der Waals surface area contributed by atoms with Gasteiger partial charge < -0.3 is 4.52 Å². The summed E-state index contributed by atoms with van der Waals surface area (Å²) in [5.74, 6) is 2.05. The van der Waals surface area contributed by atoms with E-state index in [4.69, 9.17) is 16.1 Å². The minimum atomic E-state index is -0.0874. The van der Waals surface area contributed by atoms with Crippen LogP contribution in [0.2, 0.25) is 5.02 Å². The summed E-state index contributed by atoms with van der Waals surface area (Å²) in [6.45, 7) is 6.16. The monoisotopic (exact) mass is 454 g/mol. The van der Waals surface area contributed by atoms with E-state index in [1.807, 2.05) is 48.7 Å². The molecular weight excluding hydrogens is 432 g/mol. The lowest BCUT2D eigenvalue weighted by Gasteiger charge is -2.14. The second-order valence-corrected chi connectivity index (χ2v) is 8.89. The third kappa shape index (κ3) is 4.65. The summed E-state index contributed by atoms with van der Waals surface area (Å²) in [4.78, 5) is 8.67. The summed E-state index contributed by atoms with van der Waals surface area (Å²) in [6, 6.07) is 9.64. The Balaban J connectivity index is 1.72. The predicted molar refractivity (Wildman–Crippen MR) is 122 cm³/mol. The van der Waals surface area contributed by atoms with E-state index in [0.29, 0.717) is 10.9 Å². The molecule has 160 valence electrons. The Morgan fingerprint density at radius 3 is 2.74 bits per heavy atom. The number of halogens is 1. The molecule has 31 heavy (non-hydrogen) atoms. The van der Waals surface area contributed by atoms with Crippen molar-refractivity contribution in [1.29, 1.82) is 0 Å². The highest BCUT2D eigenvalue weighted by molar-refractivity contribution is 7.99. The number of hydrogen-bond donors (Lipinski definition) is 0. The Labute approximate surface area is 190 Å². The van der Waals surface area contributed by atoms with Crippen molar-refractivity contribution in [2.75, 3.05) is 0 Å². The molecule has 0 aliphatic rings. The molecule has 4 rings (SSSR count). The number of aryl methyl sites for hydroxylation is 1. The molecule has 1 atom stereocenters. The highest BCUT2D eigenvalue weighted by atomic mass is 35.5. The zero-order valence-electron chi connectivity index (χ0n) is 17.6. The lowest BCUT2D eigenvalue weighted by Crippen LogP contribution is -2.03. The van der Waals surface area contributed by atoms with Crippen LogP contribution < -0.4 is 0 Å². The molecular formula is C22H23ClN6OS. The van der Waals surface area contributed by atoms with E-state index in [9.17, 15) is 0 Å². The SMILES string of the molecule is CCCCc1noc(C(C)Sc2nnc(-c3ccncc3)n2-c2cccc(Cl)c2C)n1. The molecule has 0 saturated carbocycles. The van der Waals surface area contributed by atoms with Crippen LogP contribution in [-0.2, 0) is 6.42 Å². The van der Waals surface area contributed by atoms with Crippen LogP contribution in [0.4, 0.5) is 0 Å². The van der Waals surface area contributed by atoms with E-state index in [1.54, 1.807) is 12.4 Å². The fraction of sp³-hybridized carbons (Fsp3) is 0.318. The Morgan fingerprint density at radius 1 is 1.16 bits per heavy atom. The van der Waals surface area contributed by atoms with Gasteiger partial charge in [-0.3, -0.25) is 9.55 Å². The Bertz CT molecular complexity index is 1160. The van der Waals surface area contributed by atoms with Crippen molar-refractivity contribution in [2.24, 2.45) is 0 Å². The average molecular weight is 455 g/mol. The van der Waals surface area contributed by atoms with E-state index in [-0.39, 0.29) is 5.25 Å². The molecule has 0 saturated heterocycles. The number of hydrogen-bond acceptors (Lipinski definition) is 7. The summed E-state index contributed by atoms with van der Waals surface area (Å²) in [6.07, 6.45) is 6.43. The minimum absolute atomic E-state index is 0.0874. The van der Waals surface area contributed by atoms with Crippen molar-refractivity contribution in [3.8, 4) is 17.1 Å². The summed E-state index contributed by atoms with van der Waals surface area (Å²) in [7, 11) is 0. The molecule has 4 aromatic rings. The third-order valence-electron chi connectivity index (χ3n) is 4.92. The van der Waals surface area contributed by atoms with Gasteiger partial charge in [-0.1, -0.05) is 47.9 Å². The van der Waals surface area contributed by atoms with Crippen LogP contribution in [0.3, 0.4) is 0 Å². The standard InChI is InChI=1S/C22H23ClN6OS/c1-4-5-9-19-25-21(30-28-19)15(3)31-22-27-26-20(16-10-12-24-13-11-16)29(22)18-8-6-7-17(23)14(18)2/h6-8,10-13,15H,4-5,9H2,1-3H3. The summed E-state index contributed by atoms with van der Waals surface area (Å²) < 4.78 is 7.53. The number of benzene rings is 1. The van der Waals surface area contributed by atoms with E-state index in [1.165, 1.54) is 11.8 Å². The molecule has 7 nitrogen and oxygen atoms in total. The molecule has 1 unspecified atom stereocenters. The topological polar surface area (TPSA) is 82.5 Å². The van der Waals surface area contributed by atoms with Crippen molar-refractivity contribution in [1.82, 2.24) is 29.9 Å². The van der Waals surface area contributed by atoms with Crippen molar-refractivity contribution in [3.05, 3.63) is 65.0 Å². The molecule has 1 aromatic carbocycles. The maximum Gasteiger partial charge on any atom is 0.239 e.